The molecule has 0 bridgehead atoms. The number of amides is 1. The molecular formula is C60H103NO5. The molecule has 0 aromatic heterocycles. The molecule has 0 aromatic rings. The zero-order valence-electron chi connectivity index (χ0n) is 43.0. The maximum Gasteiger partial charge on any atom is 0.306 e. The molecule has 0 saturated heterocycles. The lowest BCUT2D eigenvalue weighted by Crippen LogP contribution is -2.46. The van der Waals surface area contributed by atoms with E-state index in [4.69, 9.17) is 4.74 Å². The van der Waals surface area contributed by atoms with Crippen molar-refractivity contribution in [2.75, 3.05) is 6.61 Å². The first-order valence-corrected chi connectivity index (χ1v) is 27.5. The van der Waals surface area contributed by atoms with Crippen LogP contribution in [0.2, 0.25) is 0 Å². The molecule has 0 saturated carbocycles. The van der Waals surface area contributed by atoms with Crippen molar-refractivity contribution in [3.63, 3.8) is 0 Å². The molecule has 378 valence electrons. The van der Waals surface area contributed by atoms with Crippen LogP contribution in [0.4, 0.5) is 0 Å². The Hall–Kier alpha value is -3.22. The lowest BCUT2D eigenvalue weighted by Gasteiger charge is -2.24. The van der Waals surface area contributed by atoms with Gasteiger partial charge in [-0.1, -0.05) is 240 Å². The number of carbonyl (C=O) groups is 2. The predicted octanol–water partition coefficient (Wildman–Crippen LogP) is 16.9. The Morgan fingerprint density at radius 2 is 0.848 bits per heavy atom. The average molecular weight is 918 g/mol. The van der Waals surface area contributed by atoms with Gasteiger partial charge < -0.3 is 20.3 Å². The fourth-order valence-corrected chi connectivity index (χ4v) is 7.78. The van der Waals surface area contributed by atoms with E-state index in [-0.39, 0.29) is 24.9 Å². The molecule has 3 N–H and O–H groups in total. The maximum atomic E-state index is 13.2. The van der Waals surface area contributed by atoms with E-state index in [1.54, 1.807) is 0 Å². The summed E-state index contributed by atoms with van der Waals surface area (Å²) in [6, 6.07) is -0.730. The number of aliphatic hydroxyl groups is 2. The van der Waals surface area contributed by atoms with E-state index in [1.807, 2.05) is 0 Å². The Morgan fingerprint density at radius 1 is 0.455 bits per heavy atom. The molecule has 0 spiro atoms. The summed E-state index contributed by atoms with van der Waals surface area (Å²) in [6.07, 6.45) is 70.3. The number of rotatable bonds is 48. The van der Waals surface area contributed by atoms with Crippen LogP contribution < -0.4 is 5.32 Å². The van der Waals surface area contributed by atoms with Crippen LogP contribution in [-0.4, -0.2) is 46.9 Å². The van der Waals surface area contributed by atoms with E-state index in [2.05, 4.69) is 123 Å². The van der Waals surface area contributed by atoms with Crippen molar-refractivity contribution in [2.24, 2.45) is 0 Å². The van der Waals surface area contributed by atoms with Gasteiger partial charge in [-0.3, -0.25) is 9.59 Å². The second-order valence-electron chi connectivity index (χ2n) is 18.4. The van der Waals surface area contributed by atoms with Crippen molar-refractivity contribution in [2.45, 2.75) is 264 Å². The Bertz CT molecular complexity index is 1310. The molecule has 3 unspecified atom stereocenters. The van der Waals surface area contributed by atoms with Gasteiger partial charge in [-0.15, -0.1) is 0 Å². The van der Waals surface area contributed by atoms with Gasteiger partial charge in [0.2, 0.25) is 5.91 Å². The van der Waals surface area contributed by atoms with Gasteiger partial charge in [-0.25, -0.2) is 0 Å². The third-order valence-electron chi connectivity index (χ3n) is 12.0. The highest BCUT2D eigenvalue weighted by molar-refractivity contribution is 5.77. The number of ether oxygens (including phenoxy) is 1. The van der Waals surface area contributed by atoms with Gasteiger partial charge in [0.05, 0.1) is 25.2 Å². The molecule has 0 aliphatic carbocycles. The third-order valence-corrected chi connectivity index (χ3v) is 12.0. The Balaban J connectivity index is 4.75. The van der Waals surface area contributed by atoms with Crippen molar-refractivity contribution >= 4 is 11.9 Å². The molecule has 6 heteroatoms. The second kappa shape index (κ2) is 52.7. The maximum absolute atomic E-state index is 13.2. The lowest BCUT2D eigenvalue weighted by molar-refractivity contribution is -0.151. The summed E-state index contributed by atoms with van der Waals surface area (Å²) in [5, 5.41) is 23.8. The van der Waals surface area contributed by atoms with Gasteiger partial charge in [0.25, 0.3) is 0 Å². The molecule has 0 fully saturated rings. The van der Waals surface area contributed by atoms with Gasteiger partial charge >= 0.3 is 5.97 Å². The summed E-state index contributed by atoms with van der Waals surface area (Å²) in [5.74, 6) is -0.559. The molecule has 0 rings (SSSR count). The van der Waals surface area contributed by atoms with Crippen LogP contribution >= 0.6 is 0 Å². The van der Waals surface area contributed by atoms with E-state index in [0.29, 0.717) is 19.3 Å². The molecule has 0 aliphatic rings. The normalized spacial score (nSPS) is 14.0. The Labute approximate surface area is 407 Å². The van der Waals surface area contributed by atoms with Crippen LogP contribution in [0.5, 0.6) is 0 Å². The van der Waals surface area contributed by atoms with E-state index in [0.717, 1.165) is 96.3 Å². The van der Waals surface area contributed by atoms with Crippen molar-refractivity contribution in [1.82, 2.24) is 5.32 Å². The Morgan fingerprint density at radius 3 is 1.36 bits per heavy atom. The van der Waals surface area contributed by atoms with E-state index in [1.165, 1.54) is 103 Å². The van der Waals surface area contributed by atoms with Crippen LogP contribution in [0.25, 0.3) is 0 Å². The van der Waals surface area contributed by atoms with Gasteiger partial charge in [0.1, 0.15) is 6.10 Å². The number of allylic oxidation sites excluding steroid dienone is 16. The highest BCUT2D eigenvalue weighted by atomic mass is 16.5. The number of nitrogens with one attached hydrogen (secondary N) is 1. The number of esters is 1. The topological polar surface area (TPSA) is 95.9 Å². The SMILES string of the molecule is CCCCC/C=C\C/C=C\C/C=C\C/C=C\CCCC(CC(=O)NC(CO)C(O)CCCCCCCCCCCCCC)OC(=O)CCCCCCC/C=C/C=C/C=C/C=C/CCCCC. The van der Waals surface area contributed by atoms with Gasteiger partial charge in [-0.05, 0) is 89.9 Å². The third kappa shape index (κ3) is 47.3. The minimum absolute atomic E-state index is 0.0251. The lowest BCUT2D eigenvalue weighted by atomic mass is 10.0. The standard InChI is InChI=1S/C60H103NO5/c1-4-7-10-13-16-19-22-25-27-29-31-33-35-38-41-44-47-50-53-60(65)66-56(51-48-45-42-39-36-34-32-30-28-26-23-20-17-14-11-8-5-2)54-59(64)61-57(55-62)58(63)52-49-46-43-40-37-24-21-18-15-12-9-6-3/h16-17,19-20,22,25-29,31-34,39,42,56-58,62-63H,4-15,18,21,23-24,30,35-38,40-41,43-55H2,1-3H3,(H,61,64)/b19-16+,20-17-,25-22+,28-26-,29-27+,33-31+,34-32-,42-39-. The van der Waals surface area contributed by atoms with Crippen LogP contribution in [-0.2, 0) is 14.3 Å². The zero-order chi connectivity index (χ0) is 48.1. The van der Waals surface area contributed by atoms with Crippen LogP contribution in [0.1, 0.15) is 245 Å². The minimum Gasteiger partial charge on any atom is -0.462 e. The van der Waals surface area contributed by atoms with Crippen LogP contribution in [0.3, 0.4) is 0 Å². The van der Waals surface area contributed by atoms with Crippen molar-refractivity contribution in [3.8, 4) is 0 Å². The highest BCUT2D eigenvalue weighted by Crippen LogP contribution is 2.17. The number of unbranched alkanes of at least 4 members (excludes halogenated alkanes) is 23. The molecule has 0 radical (unpaired) electrons. The van der Waals surface area contributed by atoms with Crippen molar-refractivity contribution in [3.05, 3.63) is 97.2 Å². The predicted molar refractivity (Wildman–Crippen MR) is 287 cm³/mol. The number of hydrogen-bond donors (Lipinski definition) is 3. The number of carbonyl (C=O) groups excluding carboxylic acids is 2. The summed E-state index contributed by atoms with van der Waals surface area (Å²) < 4.78 is 5.91. The fraction of sp³-hybridized carbons (Fsp3) is 0.700. The summed E-state index contributed by atoms with van der Waals surface area (Å²) >= 11 is 0. The summed E-state index contributed by atoms with van der Waals surface area (Å²) in [5.41, 5.74) is 0. The minimum atomic E-state index is -0.812. The first-order valence-electron chi connectivity index (χ1n) is 27.5. The van der Waals surface area contributed by atoms with Crippen molar-refractivity contribution < 1.29 is 24.5 Å². The average Bonchev–Trinajstić information content (AvgIpc) is 3.31. The van der Waals surface area contributed by atoms with Gasteiger partial charge in [0, 0.05) is 6.42 Å². The molecule has 0 aromatic carbocycles. The molecule has 0 aliphatic heterocycles. The molecule has 6 nitrogen and oxygen atoms in total. The van der Waals surface area contributed by atoms with Crippen molar-refractivity contribution in [1.29, 1.82) is 0 Å². The highest BCUT2D eigenvalue weighted by Gasteiger charge is 2.24. The van der Waals surface area contributed by atoms with Crippen LogP contribution in [0.15, 0.2) is 97.2 Å². The number of hydrogen-bond acceptors (Lipinski definition) is 5. The first-order chi connectivity index (χ1) is 32.5. The zero-order valence-corrected chi connectivity index (χ0v) is 43.0. The molecule has 3 atom stereocenters. The summed E-state index contributed by atoms with van der Waals surface area (Å²) in [6.45, 7) is 6.39. The summed E-state index contributed by atoms with van der Waals surface area (Å²) in [7, 11) is 0. The number of aliphatic hydroxyl groups excluding tert-OH is 2. The van der Waals surface area contributed by atoms with E-state index in [9.17, 15) is 19.8 Å². The fourth-order valence-electron chi connectivity index (χ4n) is 7.78. The monoisotopic (exact) mass is 918 g/mol. The summed E-state index contributed by atoms with van der Waals surface area (Å²) in [4.78, 5) is 26.2. The smallest absolute Gasteiger partial charge is 0.306 e. The van der Waals surface area contributed by atoms with Gasteiger partial charge in [-0.2, -0.15) is 0 Å². The molecule has 1 amide bonds. The largest absolute Gasteiger partial charge is 0.462 e. The van der Waals surface area contributed by atoms with Crippen LogP contribution in [0, 0.1) is 0 Å². The molecule has 66 heavy (non-hydrogen) atoms. The molecular weight excluding hydrogens is 815 g/mol. The molecule has 0 heterocycles. The van der Waals surface area contributed by atoms with E-state index < -0.39 is 18.2 Å². The Kier molecular flexibility index (Phi) is 50.2. The first kappa shape index (κ1) is 62.8. The van der Waals surface area contributed by atoms with Gasteiger partial charge in [0.15, 0.2) is 0 Å². The quantitative estimate of drug-likeness (QED) is 0.0245. The second-order valence-corrected chi connectivity index (χ2v) is 18.4. The van der Waals surface area contributed by atoms with E-state index >= 15 is 0 Å².